The van der Waals surface area contributed by atoms with Gasteiger partial charge in [0.25, 0.3) is 0 Å². The van der Waals surface area contributed by atoms with Crippen molar-refractivity contribution in [2.75, 3.05) is 7.05 Å². The zero-order valence-electron chi connectivity index (χ0n) is 10.0. The van der Waals surface area contributed by atoms with Crippen molar-refractivity contribution in [1.29, 1.82) is 0 Å². The van der Waals surface area contributed by atoms with E-state index >= 15 is 0 Å². The molecular weight excluding hydrogens is 220 g/mol. The maximum Gasteiger partial charge on any atom is 0.127 e. The Labute approximate surface area is 99.3 Å². The van der Waals surface area contributed by atoms with Crippen LogP contribution < -0.4 is 5.32 Å². The molecule has 0 aromatic carbocycles. The summed E-state index contributed by atoms with van der Waals surface area (Å²) in [5, 5.41) is 10.7. The van der Waals surface area contributed by atoms with Crippen molar-refractivity contribution in [3.05, 3.63) is 22.5 Å². The van der Waals surface area contributed by atoms with Gasteiger partial charge in [0.2, 0.25) is 0 Å². The van der Waals surface area contributed by atoms with E-state index in [0.717, 1.165) is 22.9 Å². The van der Waals surface area contributed by atoms with Gasteiger partial charge in [-0.25, -0.2) is 4.98 Å². The minimum absolute atomic E-state index is 0.814. The molecule has 2 rings (SSSR count). The number of aromatic nitrogens is 3. The molecule has 0 saturated heterocycles. The monoisotopic (exact) mass is 236 g/mol. The molecule has 0 fully saturated rings. The average molecular weight is 236 g/mol. The van der Waals surface area contributed by atoms with E-state index in [1.54, 1.807) is 11.3 Å². The number of nitrogens with one attached hydrogen (secondary N) is 1. The van der Waals surface area contributed by atoms with Gasteiger partial charge in [-0.2, -0.15) is 5.10 Å². The lowest BCUT2D eigenvalue weighted by molar-refractivity contribution is 0.731. The van der Waals surface area contributed by atoms with Crippen LogP contribution in [0.25, 0.3) is 10.6 Å². The van der Waals surface area contributed by atoms with Crippen LogP contribution in [-0.2, 0) is 13.6 Å². The first-order valence-electron chi connectivity index (χ1n) is 5.23. The number of rotatable bonds is 3. The van der Waals surface area contributed by atoms with E-state index in [1.165, 1.54) is 11.3 Å². The smallest absolute Gasteiger partial charge is 0.127 e. The Morgan fingerprint density at radius 1 is 1.44 bits per heavy atom. The topological polar surface area (TPSA) is 42.7 Å². The van der Waals surface area contributed by atoms with E-state index in [1.807, 2.05) is 25.7 Å². The first-order chi connectivity index (χ1) is 7.63. The zero-order valence-corrected chi connectivity index (χ0v) is 10.9. The second-order valence-corrected chi connectivity index (χ2v) is 4.70. The third kappa shape index (κ3) is 1.88. The fourth-order valence-electron chi connectivity index (χ4n) is 1.77. The van der Waals surface area contributed by atoms with Gasteiger partial charge in [0.1, 0.15) is 5.01 Å². The molecule has 0 radical (unpaired) electrons. The van der Waals surface area contributed by atoms with Gasteiger partial charge in [-0.05, 0) is 20.9 Å². The lowest BCUT2D eigenvalue weighted by atomic mass is 10.2. The molecule has 0 saturated carbocycles. The van der Waals surface area contributed by atoms with E-state index in [9.17, 15) is 0 Å². The van der Waals surface area contributed by atoms with E-state index in [-0.39, 0.29) is 0 Å². The minimum Gasteiger partial charge on any atom is -0.314 e. The van der Waals surface area contributed by atoms with Gasteiger partial charge in [0, 0.05) is 24.7 Å². The van der Waals surface area contributed by atoms with Gasteiger partial charge in [-0.1, -0.05) is 0 Å². The molecule has 1 N–H and O–H groups in total. The maximum atomic E-state index is 4.61. The minimum atomic E-state index is 0.814. The van der Waals surface area contributed by atoms with Crippen LogP contribution in [0.2, 0.25) is 0 Å². The summed E-state index contributed by atoms with van der Waals surface area (Å²) in [6.07, 6.45) is 0. The van der Waals surface area contributed by atoms with Gasteiger partial charge >= 0.3 is 0 Å². The van der Waals surface area contributed by atoms with Crippen LogP contribution >= 0.6 is 11.3 Å². The van der Waals surface area contributed by atoms with Crippen LogP contribution in [0, 0.1) is 13.8 Å². The van der Waals surface area contributed by atoms with Gasteiger partial charge in [-0.3, -0.25) is 4.68 Å². The van der Waals surface area contributed by atoms with Crippen molar-refractivity contribution < 1.29 is 0 Å². The summed E-state index contributed by atoms with van der Waals surface area (Å²) in [4.78, 5) is 4.61. The lowest BCUT2D eigenvalue weighted by Crippen LogP contribution is -2.04. The zero-order chi connectivity index (χ0) is 11.7. The second-order valence-electron chi connectivity index (χ2n) is 3.84. The van der Waals surface area contributed by atoms with Crippen molar-refractivity contribution in [1.82, 2.24) is 20.1 Å². The summed E-state index contributed by atoms with van der Waals surface area (Å²) < 4.78 is 1.91. The molecule has 2 heterocycles. The van der Waals surface area contributed by atoms with Crippen molar-refractivity contribution in [2.45, 2.75) is 20.4 Å². The van der Waals surface area contributed by atoms with Crippen molar-refractivity contribution in [2.24, 2.45) is 7.05 Å². The van der Waals surface area contributed by atoms with Crippen LogP contribution in [0.15, 0.2) is 5.38 Å². The Balaban J connectivity index is 2.42. The third-order valence-electron chi connectivity index (χ3n) is 2.63. The first kappa shape index (κ1) is 11.3. The molecule has 0 bridgehead atoms. The number of aryl methyl sites for hydroxylation is 2. The third-order valence-corrected chi connectivity index (χ3v) is 3.54. The molecule has 2 aromatic heterocycles. The van der Waals surface area contributed by atoms with Crippen LogP contribution in [0.3, 0.4) is 0 Å². The fourth-order valence-corrected chi connectivity index (χ4v) is 2.73. The van der Waals surface area contributed by atoms with Gasteiger partial charge in [-0.15, -0.1) is 11.3 Å². The largest absolute Gasteiger partial charge is 0.314 e. The number of nitrogens with zero attached hydrogens (tertiary/aromatic N) is 3. The van der Waals surface area contributed by atoms with E-state index in [0.29, 0.717) is 0 Å². The molecule has 0 atom stereocenters. The van der Waals surface area contributed by atoms with E-state index < -0.39 is 0 Å². The fraction of sp³-hybridized carbons (Fsp3) is 0.455. The summed E-state index contributed by atoms with van der Waals surface area (Å²) in [5.74, 6) is 0. The highest BCUT2D eigenvalue weighted by Crippen LogP contribution is 2.29. The molecule has 0 spiro atoms. The molecule has 0 aliphatic rings. The van der Waals surface area contributed by atoms with Crippen molar-refractivity contribution in [3.8, 4) is 10.6 Å². The van der Waals surface area contributed by atoms with E-state index in [4.69, 9.17) is 0 Å². The molecule has 0 aliphatic carbocycles. The van der Waals surface area contributed by atoms with E-state index in [2.05, 4.69) is 27.7 Å². The molecule has 4 nitrogen and oxygen atoms in total. The van der Waals surface area contributed by atoms with Crippen LogP contribution in [0.1, 0.15) is 17.1 Å². The maximum absolute atomic E-state index is 4.61. The predicted molar refractivity (Wildman–Crippen MR) is 66.6 cm³/mol. The highest BCUT2D eigenvalue weighted by molar-refractivity contribution is 7.13. The van der Waals surface area contributed by atoms with Crippen LogP contribution in [-0.4, -0.2) is 21.8 Å². The number of hydrogen-bond acceptors (Lipinski definition) is 4. The van der Waals surface area contributed by atoms with Gasteiger partial charge < -0.3 is 5.32 Å². The Hall–Kier alpha value is -1.20. The lowest BCUT2D eigenvalue weighted by Gasteiger charge is -1.97. The number of thiazole rings is 1. The van der Waals surface area contributed by atoms with Crippen LogP contribution in [0.5, 0.6) is 0 Å². The Morgan fingerprint density at radius 3 is 2.75 bits per heavy atom. The average Bonchev–Trinajstić information content (AvgIpc) is 2.75. The first-order valence-corrected chi connectivity index (χ1v) is 6.11. The molecular formula is C11H16N4S. The summed E-state index contributed by atoms with van der Waals surface area (Å²) in [6.45, 7) is 4.92. The quantitative estimate of drug-likeness (QED) is 0.885. The predicted octanol–water partition coefficient (Wildman–Crippen LogP) is 1.88. The molecule has 86 valence electrons. The van der Waals surface area contributed by atoms with Gasteiger partial charge in [0.05, 0.1) is 17.0 Å². The number of hydrogen-bond donors (Lipinski definition) is 1. The summed E-state index contributed by atoms with van der Waals surface area (Å²) >= 11 is 1.68. The summed E-state index contributed by atoms with van der Waals surface area (Å²) in [6, 6.07) is 0. The normalized spacial score (nSPS) is 11.0. The molecule has 5 heteroatoms. The SMILES string of the molecule is CNCc1csc(-c2c(C)nn(C)c2C)n1. The van der Waals surface area contributed by atoms with Crippen LogP contribution in [0.4, 0.5) is 0 Å². The van der Waals surface area contributed by atoms with Crippen molar-refractivity contribution in [3.63, 3.8) is 0 Å². The molecule has 0 amide bonds. The molecule has 16 heavy (non-hydrogen) atoms. The Bertz CT molecular complexity index is 498. The molecule has 2 aromatic rings. The summed E-state index contributed by atoms with van der Waals surface area (Å²) in [7, 11) is 3.90. The van der Waals surface area contributed by atoms with Crippen molar-refractivity contribution >= 4 is 11.3 Å². The molecule has 0 aliphatic heterocycles. The van der Waals surface area contributed by atoms with Gasteiger partial charge in [0.15, 0.2) is 0 Å². The Kier molecular flexibility index (Phi) is 3.07. The highest BCUT2D eigenvalue weighted by Gasteiger charge is 2.14. The highest BCUT2D eigenvalue weighted by atomic mass is 32.1. The standard InChI is InChI=1S/C11H16N4S/c1-7-10(8(2)15(4)14-7)11-13-9(5-12-3)6-16-11/h6,12H,5H2,1-4H3. The second kappa shape index (κ2) is 4.35. The summed E-state index contributed by atoms with van der Waals surface area (Å²) in [5.41, 5.74) is 4.48. The Morgan fingerprint density at radius 2 is 2.19 bits per heavy atom. The molecule has 0 unspecified atom stereocenters.